The van der Waals surface area contributed by atoms with Crippen LogP contribution in [0, 0.1) is 0 Å². The lowest BCUT2D eigenvalue weighted by atomic mass is 9.95. The molecule has 4 aromatic rings. The lowest BCUT2D eigenvalue weighted by Crippen LogP contribution is -2.31. The van der Waals surface area contributed by atoms with E-state index in [0.717, 1.165) is 5.56 Å². The fraction of sp³-hybridized carbons (Fsp3) is 0.0800. The lowest BCUT2D eigenvalue weighted by Gasteiger charge is -2.28. The van der Waals surface area contributed by atoms with Gasteiger partial charge in [-0.2, -0.15) is 4.98 Å². The number of phenols is 1. The van der Waals surface area contributed by atoms with Crippen molar-refractivity contribution >= 4 is 29.1 Å². The second-order valence-corrected chi connectivity index (χ2v) is 8.13. The summed E-state index contributed by atoms with van der Waals surface area (Å²) in [5, 5.41) is 21.6. The van der Waals surface area contributed by atoms with Crippen LogP contribution in [0.3, 0.4) is 0 Å². The number of rotatable bonds is 4. The molecule has 33 heavy (non-hydrogen) atoms. The summed E-state index contributed by atoms with van der Waals surface area (Å²) in [4.78, 5) is 18.1. The first-order valence-corrected chi connectivity index (χ1v) is 10.7. The maximum Gasteiger partial charge on any atom is 0.255 e. The van der Waals surface area contributed by atoms with Crippen LogP contribution in [0.15, 0.2) is 90.1 Å². The van der Waals surface area contributed by atoms with Gasteiger partial charge in [0, 0.05) is 22.0 Å². The number of para-hydroxylation sites is 1. The Balaban J connectivity index is 1.62. The van der Waals surface area contributed by atoms with Crippen LogP contribution in [0.4, 0.5) is 11.6 Å². The highest BCUT2D eigenvalue weighted by Crippen LogP contribution is 2.37. The summed E-state index contributed by atoms with van der Waals surface area (Å²) in [6.07, 6.45) is 0. The van der Waals surface area contributed by atoms with Crippen molar-refractivity contribution in [2.24, 2.45) is 0 Å². The van der Waals surface area contributed by atoms with Crippen LogP contribution in [0.5, 0.6) is 5.75 Å². The second-order valence-electron chi connectivity index (χ2n) is 7.70. The topological polar surface area (TPSA) is 92.1 Å². The zero-order valence-corrected chi connectivity index (χ0v) is 18.4. The predicted octanol–water partition coefficient (Wildman–Crippen LogP) is 5.23. The summed E-state index contributed by atoms with van der Waals surface area (Å²) >= 11 is 6.16. The van der Waals surface area contributed by atoms with Crippen molar-refractivity contribution in [1.82, 2.24) is 14.8 Å². The van der Waals surface area contributed by atoms with Gasteiger partial charge in [-0.25, -0.2) is 4.68 Å². The number of hydrogen-bond acceptors (Lipinski definition) is 5. The van der Waals surface area contributed by atoms with Gasteiger partial charge in [0.1, 0.15) is 11.8 Å². The third-order valence-corrected chi connectivity index (χ3v) is 5.63. The minimum absolute atomic E-state index is 0.100. The largest absolute Gasteiger partial charge is 0.508 e. The third kappa shape index (κ3) is 4.06. The number of carbonyl (C=O) groups excluding carboxylic acids is 1. The maximum atomic E-state index is 13.4. The molecule has 1 aliphatic heterocycles. The number of nitrogens with zero attached hydrogens (tertiary/aromatic N) is 3. The van der Waals surface area contributed by atoms with E-state index in [2.05, 4.69) is 15.6 Å². The van der Waals surface area contributed by atoms with Crippen LogP contribution in [-0.4, -0.2) is 25.8 Å². The minimum Gasteiger partial charge on any atom is -0.508 e. The normalized spacial score (nSPS) is 15.0. The summed E-state index contributed by atoms with van der Waals surface area (Å²) in [6.45, 7) is 1.83. The highest BCUT2D eigenvalue weighted by Gasteiger charge is 2.34. The van der Waals surface area contributed by atoms with Crippen molar-refractivity contribution in [2.75, 3.05) is 10.6 Å². The molecule has 1 unspecified atom stereocenters. The Labute approximate surface area is 195 Å². The van der Waals surface area contributed by atoms with Crippen molar-refractivity contribution in [3.05, 3.63) is 101 Å². The third-order valence-electron chi connectivity index (χ3n) is 5.40. The first kappa shape index (κ1) is 20.8. The van der Waals surface area contributed by atoms with Crippen molar-refractivity contribution in [1.29, 1.82) is 0 Å². The Bertz CT molecular complexity index is 1380. The Morgan fingerprint density at radius 3 is 2.61 bits per heavy atom. The number of fused-ring (bicyclic) bond motifs is 1. The summed E-state index contributed by atoms with van der Waals surface area (Å²) < 4.78 is 1.66. The average Bonchev–Trinajstić information content (AvgIpc) is 3.22. The van der Waals surface area contributed by atoms with E-state index in [-0.39, 0.29) is 11.7 Å². The molecule has 0 radical (unpaired) electrons. The van der Waals surface area contributed by atoms with E-state index >= 15 is 0 Å². The van der Waals surface area contributed by atoms with Gasteiger partial charge in [-0.05, 0) is 48.9 Å². The lowest BCUT2D eigenvalue weighted by molar-refractivity contribution is -0.113. The molecule has 1 amide bonds. The van der Waals surface area contributed by atoms with Crippen LogP contribution < -0.4 is 10.6 Å². The quantitative estimate of drug-likeness (QED) is 0.390. The van der Waals surface area contributed by atoms with Crippen molar-refractivity contribution < 1.29 is 9.90 Å². The highest BCUT2D eigenvalue weighted by atomic mass is 35.5. The van der Waals surface area contributed by atoms with E-state index in [4.69, 9.17) is 16.7 Å². The Morgan fingerprint density at radius 1 is 1.06 bits per heavy atom. The van der Waals surface area contributed by atoms with Gasteiger partial charge in [0.15, 0.2) is 5.82 Å². The van der Waals surface area contributed by atoms with Crippen LogP contribution in [0.2, 0.25) is 5.02 Å². The fourth-order valence-electron chi connectivity index (χ4n) is 3.92. The maximum absolute atomic E-state index is 13.4. The number of phenolic OH excluding ortho intramolecular Hbond substituents is 1. The molecule has 3 N–H and O–H groups in total. The van der Waals surface area contributed by atoms with Crippen molar-refractivity contribution in [3.63, 3.8) is 0 Å². The first-order valence-electron chi connectivity index (χ1n) is 10.4. The molecule has 7 nitrogen and oxygen atoms in total. The standard InChI is InChI=1S/C25H20ClN5O2/c1-15-21(24(33)28-19-10-3-2-4-11-19)22(16-7-6-12-20(32)14-16)31-25(27-15)29-23(30-31)17-8-5-9-18(26)13-17/h2-14,22,32H,1H3,(H,28,33)(H,27,29,30). The molecule has 1 aromatic heterocycles. The van der Waals surface area contributed by atoms with E-state index in [1.807, 2.05) is 55.5 Å². The molecule has 0 saturated carbocycles. The number of carbonyl (C=O) groups is 1. The molecule has 0 bridgehead atoms. The molecule has 8 heteroatoms. The first-order chi connectivity index (χ1) is 16.0. The van der Waals surface area contributed by atoms with Gasteiger partial charge in [0.25, 0.3) is 5.91 Å². The van der Waals surface area contributed by atoms with Crippen LogP contribution in [0.25, 0.3) is 11.4 Å². The summed E-state index contributed by atoms with van der Waals surface area (Å²) in [7, 11) is 0. The molecule has 0 spiro atoms. The average molecular weight is 458 g/mol. The van der Waals surface area contributed by atoms with Crippen LogP contribution >= 0.6 is 11.6 Å². The van der Waals surface area contributed by atoms with Gasteiger partial charge in [0.05, 0.1) is 5.57 Å². The van der Waals surface area contributed by atoms with Gasteiger partial charge in [-0.3, -0.25) is 4.79 Å². The SMILES string of the molecule is CC1=C(C(=O)Nc2ccccc2)C(c2cccc(O)c2)n2nc(-c3cccc(Cl)c3)nc2N1. The number of aromatic nitrogens is 3. The zero-order valence-electron chi connectivity index (χ0n) is 17.7. The van der Waals surface area contributed by atoms with E-state index in [1.54, 1.807) is 35.0 Å². The fourth-order valence-corrected chi connectivity index (χ4v) is 4.11. The molecule has 2 heterocycles. The molecule has 0 fully saturated rings. The van der Waals surface area contributed by atoms with E-state index in [1.165, 1.54) is 0 Å². The van der Waals surface area contributed by atoms with E-state index in [9.17, 15) is 9.90 Å². The van der Waals surface area contributed by atoms with Gasteiger partial charge in [-0.1, -0.05) is 54.1 Å². The second kappa shape index (κ2) is 8.44. The smallest absolute Gasteiger partial charge is 0.255 e. The molecule has 0 aliphatic carbocycles. The van der Waals surface area contributed by atoms with Gasteiger partial charge in [-0.15, -0.1) is 5.10 Å². The van der Waals surface area contributed by atoms with Gasteiger partial charge in [0.2, 0.25) is 5.95 Å². The van der Waals surface area contributed by atoms with Gasteiger partial charge < -0.3 is 15.7 Å². The van der Waals surface area contributed by atoms with Crippen molar-refractivity contribution in [3.8, 4) is 17.1 Å². The molecule has 1 atom stereocenters. The zero-order chi connectivity index (χ0) is 22.9. The Morgan fingerprint density at radius 2 is 1.85 bits per heavy atom. The number of anilines is 2. The summed E-state index contributed by atoms with van der Waals surface area (Å²) in [6, 6.07) is 22.7. The summed E-state index contributed by atoms with van der Waals surface area (Å²) in [5.41, 5.74) is 3.27. The minimum atomic E-state index is -0.600. The molecule has 3 aromatic carbocycles. The van der Waals surface area contributed by atoms with Gasteiger partial charge >= 0.3 is 0 Å². The molecule has 5 rings (SSSR count). The number of halogens is 1. The number of benzene rings is 3. The predicted molar refractivity (Wildman–Crippen MR) is 128 cm³/mol. The highest BCUT2D eigenvalue weighted by molar-refractivity contribution is 6.30. The van der Waals surface area contributed by atoms with E-state index < -0.39 is 6.04 Å². The van der Waals surface area contributed by atoms with Crippen LogP contribution in [0.1, 0.15) is 18.5 Å². The number of aromatic hydroxyl groups is 1. The molecule has 1 aliphatic rings. The summed E-state index contributed by atoms with van der Waals surface area (Å²) in [5.74, 6) is 0.794. The number of allylic oxidation sites excluding steroid dienone is 1. The number of hydrogen-bond donors (Lipinski definition) is 3. The number of amides is 1. The molecular weight excluding hydrogens is 438 g/mol. The molecular formula is C25H20ClN5O2. The molecule has 164 valence electrons. The number of nitrogens with one attached hydrogen (secondary N) is 2. The Hall–Kier alpha value is -4.10. The Kier molecular flexibility index (Phi) is 5.32. The van der Waals surface area contributed by atoms with Crippen LogP contribution in [-0.2, 0) is 4.79 Å². The monoisotopic (exact) mass is 457 g/mol. The van der Waals surface area contributed by atoms with Crippen molar-refractivity contribution in [2.45, 2.75) is 13.0 Å². The molecule has 0 saturated heterocycles. The van der Waals surface area contributed by atoms with E-state index in [0.29, 0.717) is 39.3 Å².